The van der Waals surface area contributed by atoms with Crippen LogP contribution in [0.1, 0.15) is 17.9 Å². The van der Waals surface area contributed by atoms with Gasteiger partial charge in [0.2, 0.25) is 11.8 Å². The minimum atomic E-state index is -1.04. The van der Waals surface area contributed by atoms with Crippen molar-refractivity contribution in [3.63, 3.8) is 0 Å². The lowest BCUT2D eigenvalue weighted by Crippen LogP contribution is -2.30. The minimum absolute atomic E-state index is 0.00647. The number of para-hydroxylation sites is 1. The number of nitrogens with one attached hydrogen (secondary N) is 2. The van der Waals surface area contributed by atoms with Crippen LogP contribution in [0.3, 0.4) is 0 Å². The van der Waals surface area contributed by atoms with Crippen molar-refractivity contribution in [3.05, 3.63) is 59.7 Å². The number of anilines is 2. The van der Waals surface area contributed by atoms with Gasteiger partial charge in [0.1, 0.15) is 0 Å². The van der Waals surface area contributed by atoms with Crippen molar-refractivity contribution in [1.29, 1.82) is 0 Å². The first kappa shape index (κ1) is 14.2. The van der Waals surface area contributed by atoms with Gasteiger partial charge in [0.25, 0.3) is 0 Å². The Labute approximate surface area is 125 Å². The van der Waals surface area contributed by atoms with Gasteiger partial charge in [-0.3, -0.25) is 9.59 Å². The molecule has 2 aromatic carbocycles. The summed E-state index contributed by atoms with van der Waals surface area (Å²) in [7, 11) is 0. The highest BCUT2D eigenvalue weighted by molar-refractivity contribution is 6.05. The Kier molecular flexibility index (Phi) is 3.58. The molecule has 1 heterocycles. The summed E-state index contributed by atoms with van der Waals surface area (Å²) in [6.07, 6.45) is 0.00647. The van der Waals surface area contributed by atoms with E-state index in [1.807, 2.05) is 0 Å². The molecule has 2 N–H and O–H groups in total. The van der Waals surface area contributed by atoms with E-state index in [2.05, 4.69) is 10.6 Å². The van der Waals surface area contributed by atoms with Crippen molar-refractivity contribution >= 4 is 23.2 Å². The van der Waals surface area contributed by atoms with E-state index in [9.17, 15) is 18.4 Å². The average molecular weight is 302 g/mol. The van der Waals surface area contributed by atoms with E-state index in [-0.39, 0.29) is 18.0 Å². The number of fused-ring (bicyclic) bond motifs is 1. The Hall–Kier alpha value is -2.76. The van der Waals surface area contributed by atoms with Crippen LogP contribution in [-0.4, -0.2) is 11.8 Å². The van der Waals surface area contributed by atoms with Crippen LogP contribution in [0.25, 0.3) is 0 Å². The molecule has 22 heavy (non-hydrogen) atoms. The number of halogens is 2. The van der Waals surface area contributed by atoms with Gasteiger partial charge in [0.05, 0.1) is 5.92 Å². The first-order valence-electron chi connectivity index (χ1n) is 6.69. The topological polar surface area (TPSA) is 58.2 Å². The highest BCUT2D eigenvalue weighted by Crippen LogP contribution is 2.32. The fourth-order valence-corrected chi connectivity index (χ4v) is 2.45. The molecule has 1 aliphatic heterocycles. The normalized spacial score (nSPS) is 16.6. The second-order valence-corrected chi connectivity index (χ2v) is 5.01. The molecule has 2 aromatic rings. The van der Waals surface area contributed by atoms with Crippen molar-refractivity contribution < 1.29 is 18.4 Å². The van der Waals surface area contributed by atoms with E-state index >= 15 is 0 Å². The van der Waals surface area contributed by atoms with E-state index in [0.29, 0.717) is 11.3 Å². The first-order valence-corrected chi connectivity index (χ1v) is 6.69. The molecule has 1 atom stereocenters. The zero-order valence-electron chi connectivity index (χ0n) is 11.4. The molecule has 0 fully saturated rings. The summed E-state index contributed by atoms with van der Waals surface area (Å²) >= 11 is 0. The molecule has 4 nitrogen and oxygen atoms in total. The maximum absolute atomic E-state index is 13.2. The van der Waals surface area contributed by atoms with Gasteiger partial charge in [-0.25, -0.2) is 8.78 Å². The summed E-state index contributed by atoms with van der Waals surface area (Å²) in [6, 6.07) is 10.1. The molecule has 0 unspecified atom stereocenters. The summed E-state index contributed by atoms with van der Waals surface area (Å²) in [4.78, 5) is 24.1. The molecular formula is C16H12F2N2O2. The molecule has 2 amide bonds. The van der Waals surface area contributed by atoms with Crippen molar-refractivity contribution in [2.24, 2.45) is 0 Å². The molecule has 0 aliphatic carbocycles. The molecule has 0 saturated carbocycles. The Morgan fingerprint density at radius 2 is 1.91 bits per heavy atom. The van der Waals surface area contributed by atoms with Gasteiger partial charge in [-0.15, -0.1) is 0 Å². The number of carbonyl (C=O) groups excluding carboxylic acids is 2. The van der Waals surface area contributed by atoms with E-state index in [1.165, 1.54) is 6.07 Å². The largest absolute Gasteiger partial charge is 0.326 e. The second kappa shape index (κ2) is 5.55. The van der Waals surface area contributed by atoms with Crippen LogP contribution >= 0.6 is 0 Å². The van der Waals surface area contributed by atoms with Crippen LogP contribution in [0.15, 0.2) is 42.5 Å². The fraction of sp³-hybridized carbons (Fsp3) is 0.125. The van der Waals surface area contributed by atoms with Crippen molar-refractivity contribution in [3.8, 4) is 0 Å². The monoisotopic (exact) mass is 302 g/mol. The van der Waals surface area contributed by atoms with Crippen LogP contribution < -0.4 is 10.6 Å². The zero-order valence-corrected chi connectivity index (χ0v) is 11.4. The minimum Gasteiger partial charge on any atom is -0.326 e. The quantitative estimate of drug-likeness (QED) is 0.896. The predicted molar refractivity (Wildman–Crippen MR) is 77.4 cm³/mol. The lowest BCUT2D eigenvalue weighted by Gasteiger charge is -2.24. The molecular weight excluding hydrogens is 290 g/mol. The van der Waals surface area contributed by atoms with Gasteiger partial charge >= 0.3 is 0 Å². The summed E-state index contributed by atoms with van der Waals surface area (Å²) in [5.74, 6) is -3.39. The van der Waals surface area contributed by atoms with Gasteiger partial charge in [-0.05, 0) is 23.8 Å². The zero-order chi connectivity index (χ0) is 15.7. The standard InChI is InChI=1S/C16H12F2N2O2/c17-12-6-5-9(7-13(12)18)19-16(22)11-8-15(21)20-14-4-2-1-3-10(11)14/h1-7,11H,8H2,(H,19,22)(H,20,21)/t11-/m0/s1. The van der Waals surface area contributed by atoms with Crippen LogP contribution in [0, 0.1) is 11.6 Å². The van der Waals surface area contributed by atoms with E-state index in [1.54, 1.807) is 24.3 Å². The van der Waals surface area contributed by atoms with Crippen molar-refractivity contribution in [2.45, 2.75) is 12.3 Å². The highest BCUT2D eigenvalue weighted by atomic mass is 19.2. The predicted octanol–water partition coefficient (Wildman–Crippen LogP) is 3.03. The number of amides is 2. The average Bonchev–Trinajstić information content (AvgIpc) is 2.50. The highest BCUT2D eigenvalue weighted by Gasteiger charge is 2.30. The third-order valence-electron chi connectivity index (χ3n) is 3.50. The van der Waals surface area contributed by atoms with E-state index in [0.717, 1.165) is 12.1 Å². The van der Waals surface area contributed by atoms with Crippen LogP contribution in [-0.2, 0) is 9.59 Å². The van der Waals surface area contributed by atoms with Gasteiger partial charge in [-0.2, -0.15) is 0 Å². The van der Waals surface area contributed by atoms with Crippen LogP contribution in [0.5, 0.6) is 0 Å². The number of benzene rings is 2. The lowest BCUT2D eigenvalue weighted by molar-refractivity contribution is -0.123. The maximum atomic E-state index is 13.2. The third kappa shape index (κ3) is 2.67. The van der Waals surface area contributed by atoms with E-state index in [4.69, 9.17) is 0 Å². The third-order valence-corrected chi connectivity index (χ3v) is 3.50. The smallest absolute Gasteiger partial charge is 0.232 e. The number of hydrogen-bond donors (Lipinski definition) is 2. The molecule has 3 rings (SSSR count). The molecule has 0 spiro atoms. The van der Waals surface area contributed by atoms with Crippen molar-refractivity contribution in [2.75, 3.05) is 10.6 Å². The summed E-state index contributed by atoms with van der Waals surface area (Å²) in [5, 5.41) is 5.21. The second-order valence-electron chi connectivity index (χ2n) is 5.01. The van der Waals surface area contributed by atoms with E-state index < -0.39 is 23.5 Å². The summed E-state index contributed by atoms with van der Waals surface area (Å²) in [5.41, 5.74) is 1.43. The van der Waals surface area contributed by atoms with Gasteiger partial charge in [0, 0.05) is 23.9 Å². The Balaban J connectivity index is 1.86. The molecule has 0 radical (unpaired) electrons. The van der Waals surface area contributed by atoms with Gasteiger partial charge in [0.15, 0.2) is 11.6 Å². The first-order chi connectivity index (χ1) is 10.5. The van der Waals surface area contributed by atoms with Gasteiger partial charge in [-0.1, -0.05) is 18.2 Å². The Morgan fingerprint density at radius 3 is 2.68 bits per heavy atom. The molecule has 6 heteroatoms. The fourth-order valence-electron chi connectivity index (χ4n) is 2.45. The molecule has 0 aromatic heterocycles. The number of rotatable bonds is 2. The Bertz CT molecular complexity index is 762. The van der Waals surface area contributed by atoms with Crippen LogP contribution in [0.4, 0.5) is 20.2 Å². The van der Waals surface area contributed by atoms with Crippen LogP contribution in [0.2, 0.25) is 0 Å². The lowest BCUT2D eigenvalue weighted by atomic mass is 9.90. The maximum Gasteiger partial charge on any atom is 0.232 e. The molecule has 0 bridgehead atoms. The van der Waals surface area contributed by atoms with Crippen molar-refractivity contribution in [1.82, 2.24) is 0 Å². The SMILES string of the molecule is O=C1C[C@H](C(=O)Nc2ccc(F)c(F)c2)c2ccccc2N1. The van der Waals surface area contributed by atoms with Gasteiger partial charge < -0.3 is 10.6 Å². The number of carbonyl (C=O) groups is 2. The molecule has 112 valence electrons. The summed E-state index contributed by atoms with van der Waals surface area (Å²) < 4.78 is 26.1. The molecule has 0 saturated heterocycles. The summed E-state index contributed by atoms with van der Waals surface area (Å²) in [6.45, 7) is 0. The Morgan fingerprint density at radius 1 is 1.14 bits per heavy atom. The number of hydrogen-bond acceptors (Lipinski definition) is 2. The molecule has 1 aliphatic rings.